The second-order valence-corrected chi connectivity index (χ2v) is 10.4. The number of sulfonamides is 1. The van der Waals surface area contributed by atoms with E-state index in [0.717, 1.165) is 5.56 Å². The minimum atomic E-state index is -4.43. The van der Waals surface area contributed by atoms with Gasteiger partial charge in [-0.3, -0.25) is 9.59 Å². The van der Waals surface area contributed by atoms with Gasteiger partial charge in [-0.05, 0) is 31.5 Å². The Labute approximate surface area is 197 Å². The van der Waals surface area contributed by atoms with Crippen LogP contribution in [0.1, 0.15) is 21.7 Å². The molecule has 0 spiro atoms. The first-order valence-electron chi connectivity index (χ1n) is 9.83. The number of fused-ring (bicyclic) bond motifs is 1. The van der Waals surface area contributed by atoms with Crippen molar-refractivity contribution in [2.24, 2.45) is 12.2 Å². The molecule has 0 atom stereocenters. The molecule has 0 radical (unpaired) electrons. The number of pyridine rings is 2. The molecule has 4 aromatic rings. The Bertz CT molecular complexity index is 1620. The Kier molecular flexibility index (Phi) is 5.79. The lowest BCUT2D eigenvalue weighted by molar-refractivity contribution is 0.0959. The number of hydrogen-bond donors (Lipinski definition) is 3. The van der Waals surface area contributed by atoms with Crippen molar-refractivity contribution in [3.05, 3.63) is 57.5 Å². The van der Waals surface area contributed by atoms with E-state index in [1.165, 1.54) is 30.9 Å². The quantitative estimate of drug-likeness (QED) is 0.379. The number of thiophene rings is 1. The van der Waals surface area contributed by atoms with Crippen LogP contribution in [0.4, 0.5) is 4.39 Å². The van der Waals surface area contributed by atoms with E-state index >= 15 is 4.39 Å². The third-order valence-corrected chi connectivity index (χ3v) is 7.62. The van der Waals surface area contributed by atoms with Crippen molar-refractivity contribution in [2.45, 2.75) is 18.1 Å². The van der Waals surface area contributed by atoms with Gasteiger partial charge in [-0.2, -0.15) is 0 Å². The maximum atomic E-state index is 15.4. The average molecular weight is 506 g/mol. The molecular formula is C21H20FN5O5S2. The standard InChI is InChI=1S/C21H20FN5O5S2/c1-9-5-10(2)25-14(6-9)32-17-15(22)21(34(23,30)31)33-18(17)12-8-27(4)20(29)16-11(12)7-13(26-16)19(28)24-3/h5-8,26H,1-4H3,(H,24,28)(H2,23,30,31). The van der Waals surface area contributed by atoms with Crippen LogP contribution >= 0.6 is 11.3 Å². The van der Waals surface area contributed by atoms with Crippen LogP contribution in [0.25, 0.3) is 21.3 Å². The van der Waals surface area contributed by atoms with Gasteiger partial charge in [-0.15, -0.1) is 11.3 Å². The van der Waals surface area contributed by atoms with Crippen molar-refractivity contribution < 1.29 is 22.3 Å². The number of nitrogens with one attached hydrogen (secondary N) is 2. The Morgan fingerprint density at radius 1 is 1.29 bits per heavy atom. The molecule has 0 fully saturated rings. The molecule has 4 heterocycles. The first-order valence-corrected chi connectivity index (χ1v) is 12.2. The van der Waals surface area contributed by atoms with Crippen LogP contribution < -0.4 is 20.8 Å². The number of hydrogen-bond acceptors (Lipinski definition) is 7. The van der Waals surface area contributed by atoms with Crippen LogP contribution in [0.2, 0.25) is 0 Å². The smallest absolute Gasteiger partial charge is 0.274 e. The Hall–Kier alpha value is -3.55. The largest absolute Gasteiger partial charge is 0.434 e. The SMILES string of the molecule is CNC(=O)c1cc2c(-c3sc(S(N)(=O)=O)c(F)c3Oc3cc(C)cc(C)n3)cn(C)c(=O)c2[nH]1. The van der Waals surface area contributed by atoms with E-state index < -0.39 is 37.3 Å². The highest BCUT2D eigenvalue weighted by atomic mass is 32.2. The number of aryl methyl sites for hydroxylation is 3. The number of ether oxygens (including phenoxy) is 1. The molecule has 4 rings (SSSR count). The lowest BCUT2D eigenvalue weighted by Crippen LogP contribution is -2.19. The van der Waals surface area contributed by atoms with E-state index in [-0.39, 0.29) is 32.9 Å². The van der Waals surface area contributed by atoms with Gasteiger partial charge in [-0.1, -0.05) is 0 Å². The third-order valence-electron chi connectivity index (χ3n) is 5.00. The summed E-state index contributed by atoms with van der Waals surface area (Å²) in [5.74, 6) is -2.00. The fraction of sp³-hybridized carbons (Fsp3) is 0.190. The Morgan fingerprint density at radius 2 is 2.00 bits per heavy atom. The summed E-state index contributed by atoms with van der Waals surface area (Å²) in [5.41, 5.74) is 1.43. The molecule has 0 bridgehead atoms. The molecule has 34 heavy (non-hydrogen) atoms. The molecule has 10 nitrogen and oxygen atoms in total. The number of aromatic nitrogens is 3. The number of carbonyl (C=O) groups is 1. The highest BCUT2D eigenvalue weighted by Crippen LogP contribution is 2.46. The molecule has 178 valence electrons. The molecule has 0 aliphatic carbocycles. The van der Waals surface area contributed by atoms with Crippen molar-refractivity contribution >= 4 is 38.2 Å². The predicted octanol–water partition coefficient (Wildman–Crippen LogP) is 2.55. The third kappa shape index (κ3) is 4.08. The van der Waals surface area contributed by atoms with E-state index in [4.69, 9.17) is 9.88 Å². The van der Waals surface area contributed by atoms with Crippen molar-refractivity contribution in [1.82, 2.24) is 19.9 Å². The number of H-pyrrole nitrogens is 1. The fourth-order valence-corrected chi connectivity index (χ4v) is 5.48. The summed E-state index contributed by atoms with van der Waals surface area (Å²) in [4.78, 5) is 31.9. The average Bonchev–Trinajstić information content (AvgIpc) is 3.32. The normalized spacial score (nSPS) is 11.7. The number of nitrogens with two attached hydrogens (primary N) is 1. The molecule has 0 aliphatic heterocycles. The Morgan fingerprint density at radius 3 is 2.62 bits per heavy atom. The number of carbonyl (C=O) groups excluding carboxylic acids is 1. The maximum Gasteiger partial charge on any atom is 0.274 e. The van der Waals surface area contributed by atoms with E-state index in [9.17, 15) is 18.0 Å². The van der Waals surface area contributed by atoms with E-state index in [0.29, 0.717) is 17.0 Å². The number of rotatable bonds is 5. The Balaban J connectivity index is 2.04. The summed E-state index contributed by atoms with van der Waals surface area (Å²) >= 11 is 0.556. The number of primary sulfonamides is 1. The number of halogens is 1. The van der Waals surface area contributed by atoms with E-state index in [1.54, 1.807) is 26.0 Å². The molecule has 0 saturated carbocycles. The maximum absolute atomic E-state index is 15.4. The van der Waals surface area contributed by atoms with Crippen LogP contribution in [-0.2, 0) is 17.1 Å². The van der Waals surface area contributed by atoms with E-state index in [2.05, 4.69) is 15.3 Å². The highest BCUT2D eigenvalue weighted by molar-refractivity contribution is 7.91. The van der Waals surface area contributed by atoms with Crippen molar-refractivity contribution in [3.63, 3.8) is 0 Å². The fourth-order valence-electron chi connectivity index (χ4n) is 3.56. The van der Waals surface area contributed by atoms with Crippen molar-refractivity contribution in [1.29, 1.82) is 0 Å². The minimum absolute atomic E-state index is 0.0533. The van der Waals surface area contributed by atoms with Crippen molar-refractivity contribution in [3.8, 4) is 22.1 Å². The second-order valence-electron chi connectivity index (χ2n) is 7.64. The van der Waals surface area contributed by atoms with Gasteiger partial charge >= 0.3 is 0 Å². The number of aromatic amines is 1. The highest BCUT2D eigenvalue weighted by Gasteiger charge is 2.30. The van der Waals surface area contributed by atoms with Crippen LogP contribution in [0.3, 0.4) is 0 Å². The van der Waals surface area contributed by atoms with Crippen LogP contribution in [0.5, 0.6) is 11.6 Å². The summed E-state index contributed by atoms with van der Waals surface area (Å²) in [6.07, 6.45) is 1.41. The van der Waals surface area contributed by atoms with Gasteiger partial charge in [0, 0.05) is 43.0 Å². The predicted molar refractivity (Wildman–Crippen MR) is 125 cm³/mol. The molecule has 0 aromatic carbocycles. The van der Waals surface area contributed by atoms with Crippen LogP contribution in [0, 0.1) is 19.7 Å². The van der Waals surface area contributed by atoms with Gasteiger partial charge < -0.3 is 19.6 Å². The van der Waals surface area contributed by atoms with Gasteiger partial charge in [0.25, 0.3) is 21.5 Å². The number of nitrogens with zero attached hydrogens (tertiary/aromatic N) is 2. The zero-order valence-electron chi connectivity index (χ0n) is 18.5. The molecule has 1 amide bonds. The van der Waals surface area contributed by atoms with Crippen LogP contribution in [-0.4, -0.2) is 35.9 Å². The molecule has 4 aromatic heterocycles. The van der Waals surface area contributed by atoms with Gasteiger partial charge in [0.1, 0.15) is 11.2 Å². The topological polar surface area (TPSA) is 149 Å². The lowest BCUT2D eigenvalue weighted by atomic mass is 10.1. The number of amides is 1. The monoisotopic (exact) mass is 505 g/mol. The summed E-state index contributed by atoms with van der Waals surface area (Å²) in [5, 5.41) is 7.98. The molecule has 0 unspecified atom stereocenters. The van der Waals surface area contributed by atoms with E-state index in [1.807, 2.05) is 0 Å². The molecular weight excluding hydrogens is 485 g/mol. The van der Waals surface area contributed by atoms with Gasteiger partial charge in [0.15, 0.2) is 15.8 Å². The van der Waals surface area contributed by atoms with Crippen LogP contribution in [0.15, 0.2) is 33.4 Å². The summed E-state index contributed by atoms with van der Waals surface area (Å²) in [7, 11) is -1.53. The molecule has 0 aliphatic rings. The molecule has 13 heteroatoms. The van der Waals surface area contributed by atoms with Gasteiger partial charge in [0.05, 0.1) is 4.88 Å². The lowest BCUT2D eigenvalue weighted by Gasteiger charge is -2.10. The van der Waals surface area contributed by atoms with Gasteiger partial charge in [0.2, 0.25) is 5.88 Å². The summed E-state index contributed by atoms with van der Waals surface area (Å²) in [6, 6.07) is 4.79. The first kappa shape index (κ1) is 23.6. The second kappa shape index (κ2) is 8.34. The summed E-state index contributed by atoms with van der Waals surface area (Å²) < 4.78 is 45.8. The summed E-state index contributed by atoms with van der Waals surface area (Å²) in [6.45, 7) is 3.54. The first-order chi connectivity index (χ1) is 15.9. The minimum Gasteiger partial charge on any atom is -0.434 e. The van der Waals surface area contributed by atoms with Gasteiger partial charge in [-0.25, -0.2) is 22.9 Å². The zero-order chi connectivity index (χ0) is 24.9. The zero-order valence-corrected chi connectivity index (χ0v) is 20.1. The van der Waals surface area contributed by atoms with Crippen molar-refractivity contribution in [2.75, 3.05) is 7.05 Å². The molecule has 4 N–H and O–H groups in total. The molecule has 0 saturated heterocycles.